The Morgan fingerprint density at radius 1 is 0.935 bits per heavy atom. The first-order chi connectivity index (χ1) is 14.4. The Hall–Kier alpha value is -2.45. The van der Waals surface area contributed by atoms with E-state index in [0.717, 1.165) is 19.3 Å². The Morgan fingerprint density at radius 3 is 2.00 bits per heavy atom. The van der Waals surface area contributed by atoms with Crippen molar-refractivity contribution in [1.29, 1.82) is 0 Å². The van der Waals surface area contributed by atoms with Gasteiger partial charge in [-0.3, -0.25) is 24.0 Å². The minimum absolute atomic E-state index is 0.101. The topological polar surface area (TPSA) is 107 Å². The van der Waals surface area contributed by atoms with E-state index in [1.165, 1.54) is 30.7 Å². The molecule has 0 aromatic heterocycles. The highest BCUT2D eigenvalue weighted by molar-refractivity contribution is 5.93. The molecule has 0 aromatic carbocycles. The molecule has 1 aliphatic rings. The molecule has 0 aliphatic carbocycles. The van der Waals surface area contributed by atoms with Crippen LogP contribution in [0.15, 0.2) is 0 Å². The quantitative estimate of drug-likeness (QED) is 0.543. The molecule has 9 nitrogen and oxygen atoms in total. The standard InChI is InChI=1S/C22H38N4O5/c1-15(2)12-19(16(3)27)25(6)21(30)14-24(5)20(29)13-18(23-17(4)28)22(31)26-10-8-7-9-11-26/h15,18-19H,7-14H2,1-6H3,(H,23,28)/t18-,19-/m0/s1. The molecule has 0 saturated carbocycles. The fourth-order valence-corrected chi connectivity index (χ4v) is 3.73. The number of likely N-dealkylation sites (N-methyl/N-ethyl adjacent to an activating group) is 2. The summed E-state index contributed by atoms with van der Waals surface area (Å²) in [7, 11) is 3.05. The summed E-state index contributed by atoms with van der Waals surface area (Å²) in [6.45, 7) is 7.74. The van der Waals surface area contributed by atoms with E-state index in [-0.39, 0.29) is 42.4 Å². The first-order valence-corrected chi connectivity index (χ1v) is 11.0. The largest absolute Gasteiger partial charge is 0.344 e. The molecular weight excluding hydrogens is 400 g/mol. The van der Waals surface area contributed by atoms with Crippen molar-refractivity contribution in [2.45, 2.75) is 71.9 Å². The van der Waals surface area contributed by atoms with Crippen molar-refractivity contribution in [2.75, 3.05) is 33.7 Å². The lowest BCUT2D eigenvalue weighted by atomic mass is 9.99. The highest BCUT2D eigenvalue weighted by atomic mass is 16.2. The van der Waals surface area contributed by atoms with Gasteiger partial charge in [-0.2, -0.15) is 0 Å². The van der Waals surface area contributed by atoms with Gasteiger partial charge >= 0.3 is 0 Å². The number of likely N-dealkylation sites (tertiary alicyclic amines) is 1. The Labute approximate surface area is 185 Å². The molecule has 1 N–H and O–H groups in total. The number of hydrogen-bond acceptors (Lipinski definition) is 5. The summed E-state index contributed by atoms with van der Waals surface area (Å²) >= 11 is 0. The molecule has 0 spiro atoms. The van der Waals surface area contributed by atoms with Crippen LogP contribution in [0.5, 0.6) is 0 Å². The molecule has 4 amide bonds. The third-order valence-corrected chi connectivity index (χ3v) is 5.55. The Kier molecular flexibility index (Phi) is 10.6. The van der Waals surface area contributed by atoms with Gasteiger partial charge in [0.05, 0.1) is 19.0 Å². The van der Waals surface area contributed by atoms with Gasteiger partial charge < -0.3 is 20.0 Å². The maximum atomic E-state index is 12.8. The van der Waals surface area contributed by atoms with Crippen LogP contribution < -0.4 is 5.32 Å². The number of hydrogen-bond donors (Lipinski definition) is 1. The van der Waals surface area contributed by atoms with Gasteiger partial charge in [0.15, 0.2) is 5.78 Å². The molecule has 0 unspecified atom stereocenters. The summed E-state index contributed by atoms with van der Waals surface area (Å²) in [5.41, 5.74) is 0. The molecule has 0 radical (unpaired) electrons. The SMILES string of the molecule is CC(=O)N[C@@H](CC(=O)N(C)CC(=O)N(C)[C@@H](CC(C)C)C(C)=O)C(=O)N1CCCCC1. The van der Waals surface area contributed by atoms with Gasteiger partial charge in [-0.25, -0.2) is 0 Å². The van der Waals surface area contributed by atoms with Crippen LogP contribution in [-0.2, 0) is 24.0 Å². The van der Waals surface area contributed by atoms with Crippen LogP contribution in [0, 0.1) is 5.92 Å². The highest BCUT2D eigenvalue weighted by Gasteiger charge is 2.31. The molecule has 2 atom stereocenters. The number of nitrogens with zero attached hydrogens (tertiary/aromatic N) is 3. The molecule has 1 saturated heterocycles. The molecule has 1 heterocycles. The molecule has 0 aromatic rings. The number of amides is 4. The van der Waals surface area contributed by atoms with E-state index >= 15 is 0 Å². The van der Waals surface area contributed by atoms with E-state index in [0.29, 0.717) is 19.5 Å². The number of carbonyl (C=O) groups is 5. The number of piperidine rings is 1. The molecule has 0 bridgehead atoms. The molecule has 31 heavy (non-hydrogen) atoms. The summed E-state index contributed by atoms with van der Waals surface area (Å²) in [6, 6.07) is -1.49. The minimum atomic E-state index is -0.954. The van der Waals surface area contributed by atoms with Crippen molar-refractivity contribution in [1.82, 2.24) is 20.0 Å². The van der Waals surface area contributed by atoms with Gasteiger partial charge in [0, 0.05) is 34.1 Å². The molecular formula is C22H38N4O5. The fraction of sp³-hybridized carbons (Fsp3) is 0.773. The van der Waals surface area contributed by atoms with E-state index in [1.54, 1.807) is 11.9 Å². The zero-order valence-electron chi connectivity index (χ0n) is 19.8. The second-order valence-electron chi connectivity index (χ2n) is 8.85. The van der Waals surface area contributed by atoms with Crippen molar-refractivity contribution < 1.29 is 24.0 Å². The minimum Gasteiger partial charge on any atom is -0.344 e. The van der Waals surface area contributed by atoms with Crippen molar-refractivity contribution in [3.8, 4) is 0 Å². The van der Waals surface area contributed by atoms with E-state index < -0.39 is 18.0 Å². The maximum absolute atomic E-state index is 12.8. The number of carbonyl (C=O) groups excluding carboxylic acids is 5. The highest BCUT2D eigenvalue weighted by Crippen LogP contribution is 2.14. The average Bonchev–Trinajstić information content (AvgIpc) is 2.70. The second kappa shape index (κ2) is 12.4. The van der Waals surface area contributed by atoms with Crippen molar-refractivity contribution >= 4 is 29.4 Å². The van der Waals surface area contributed by atoms with Crippen LogP contribution in [0.2, 0.25) is 0 Å². The molecule has 1 fully saturated rings. The predicted octanol–water partition coefficient (Wildman–Crippen LogP) is 0.814. The maximum Gasteiger partial charge on any atom is 0.245 e. The molecule has 176 valence electrons. The van der Waals surface area contributed by atoms with E-state index in [4.69, 9.17) is 0 Å². The first kappa shape index (κ1) is 26.6. The van der Waals surface area contributed by atoms with E-state index in [9.17, 15) is 24.0 Å². The zero-order chi connectivity index (χ0) is 23.7. The Balaban J connectivity index is 2.77. The number of Topliss-reactive ketones (excluding diaryl/α,β-unsaturated/α-hetero) is 1. The van der Waals surface area contributed by atoms with Gasteiger partial charge in [-0.15, -0.1) is 0 Å². The van der Waals surface area contributed by atoms with Crippen molar-refractivity contribution in [3.05, 3.63) is 0 Å². The lowest BCUT2D eigenvalue weighted by Crippen LogP contribution is -2.52. The average molecular weight is 439 g/mol. The summed E-state index contributed by atoms with van der Waals surface area (Å²) < 4.78 is 0. The van der Waals surface area contributed by atoms with Crippen LogP contribution in [0.4, 0.5) is 0 Å². The van der Waals surface area contributed by atoms with Gasteiger partial charge in [-0.05, 0) is 38.5 Å². The Morgan fingerprint density at radius 2 is 1.52 bits per heavy atom. The normalized spacial score (nSPS) is 15.8. The summed E-state index contributed by atoms with van der Waals surface area (Å²) in [5.74, 6) is -1.29. The summed E-state index contributed by atoms with van der Waals surface area (Å²) in [4.78, 5) is 66.1. The van der Waals surface area contributed by atoms with Gasteiger partial charge in [-0.1, -0.05) is 13.8 Å². The smallest absolute Gasteiger partial charge is 0.245 e. The van der Waals surface area contributed by atoms with Gasteiger partial charge in [0.25, 0.3) is 0 Å². The monoisotopic (exact) mass is 438 g/mol. The van der Waals surface area contributed by atoms with Gasteiger partial charge in [0.2, 0.25) is 23.6 Å². The zero-order valence-corrected chi connectivity index (χ0v) is 19.8. The van der Waals surface area contributed by atoms with Crippen LogP contribution in [0.3, 0.4) is 0 Å². The second-order valence-corrected chi connectivity index (χ2v) is 8.85. The molecule has 1 rings (SSSR count). The summed E-state index contributed by atoms with van der Waals surface area (Å²) in [5, 5.41) is 2.58. The summed E-state index contributed by atoms with van der Waals surface area (Å²) in [6.07, 6.45) is 3.19. The van der Waals surface area contributed by atoms with Crippen LogP contribution in [0.1, 0.15) is 59.8 Å². The van der Waals surface area contributed by atoms with Crippen molar-refractivity contribution in [3.63, 3.8) is 0 Å². The first-order valence-electron chi connectivity index (χ1n) is 11.0. The van der Waals surface area contributed by atoms with Gasteiger partial charge in [0.1, 0.15) is 6.04 Å². The third-order valence-electron chi connectivity index (χ3n) is 5.55. The molecule has 9 heteroatoms. The van der Waals surface area contributed by atoms with E-state index in [1.807, 2.05) is 13.8 Å². The number of ketones is 1. The lowest BCUT2D eigenvalue weighted by molar-refractivity contribution is -0.144. The van der Waals surface area contributed by atoms with Crippen LogP contribution >= 0.6 is 0 Å². The third kappa shape index (κ3) is 8.67. The predicted molar refractivity (Wildman–Crippen MR) is 117 cm³/mol. The molecule has 1 aliphatic heterocycles. The Bertz CT molecular complexity index is 673. The lowest BCUT2D eigenvalue weighted by Gasteiger charge is -2.31. The number of nitrogens with one attached hydrogen (secondary N) is 1. The van der Waals surface area contributed by atoms with Crippen LogP contribution in [-0.4, -0.2) is 89.9 Å². The van der Waals surface area contributed by atoms with Crippen molar-refractivity contribution in [2.24, 2.45) is 5.92 Å². The number of rotatable bonds is 10. The van der Waals surface area contributed by atoms with E-state index in [2.05, 4.69) is 5.32 Å². The fourth-order valence-electron chi connectivity index (χ4n) is 3.73. The van der Waals surface area contributed by atoms with Crippen LogP contribution in [0.25, 0.3) is 0 Å².